The van der Waals surface area contributed by atoms with Gasteiger partial charge in [-0.15, -0.1) is 0 Å². The van der Waals surface area contributed by atoms with Gasteiger partial charge in [-0.05, 0) is 58.5 Å². The Morgan fingerprint density at radius 1 is 1.21 bits per heavy atom. The van der Waals surface area contributed by atoms with Crippen LogP contribution >= 0.6 is 0 Å². The molecule has 0 spiro atoms. The zero-order valence-electron chi connectivity index (χ0n) is 9.84. The number of likely N-dealkylation sites (tertiary alicyclic amines) is 1. The SMILES string of the molecule is CCC=CCCCC(C)N1CCCC1. The molecular formula is C13H25N. The van der Waals surface area contributed by atoms with Crippen LogP contribution in [-0.4, -0.2) is 24.0 Å². The van der Waals surface area contributed by atoms with Crippen molar-refractivity contribution in [3.8, 4) is 0 Å². The van der Waals surface area contributed by atoms with E-state index in [1.165, 1.54) is 51.6 Å². The van der Waals surface area contributed by atoms with Crippen molar-refractivity contribution in [2.45, 2.75) is 58.4 Å². The first-order valence-corrected chi connectivity index (χ1v) is 6.23. The van der Waals surface area contributed by atoms with Crippen LogP contribution in [0, 0.1) is 0 Å². The van der Waals surface area contributed by atoms with Gasteiger partial charge in [0.25, 0.3) is 0 Å². The molecule has 1 fully saturated rings. The van der Waals surface area contributed by atoms with E-state index < -0.39 is 0 Å². The lowest BCUT2D eigenvalue weighted by Crippen LogP contribution is -2.29. The summed E-state index contributed by atoms with van der Waals surface area (Å²) in [5.74, 6) is 0. The Kier molecular flexibility index (Phi) is 5.93. The van der Waals surface area contributed by atoms with Crippen LogP contribution in [0.25, 0.3) is 0 Å². The summed E-state index contributed by atoms with van der Waals surface area (Å²) in [4.78, 5) is 2.64. The molecule has 82 valence electrons. The van der Waals surface area contributed by atoms with E-state index in [-0.39, 0.29) is 0 Å². The number of hydrogen-bond acceptors (Lipinski definition) is 1. The minimum absolute atomic E-state index is 0.813. The van der Waals surface area contributed by atoms with E-state index in [1.807, 2.05) is 0 Å². The van der Waals surface area contributed by atoms with Crippen LogP contribution in [0.5, 0.6) is 0 Å². The second-order valence-electron chi connectivity index (χ2n) is 4.40. The Hall–Kier alpha value is -0.300. The third-order valence-electron chi connectivity index (χ3n) is 3.16. The van der Waals surface area contributed by atoms with Gasteiger partial charge < -0.3 is 4.90 Å². The van der Waals surface area contributed by atoms with E-state index in [1.54, 1.807) is 0 Å². The fraction of sp³-hybridized carbons (Fsp3) is 0.846. The first-order chi connectivity index (χ1) is 6.84. The van der Waals surface area contributed by atoms with Gasteiger partial charge in [-0.3, -0.25) is 0 Å². The Morgan fingerprint density at radius 3 is 2.57 bits per heavy atom. The molecule has 0 aromatic rings. The van der Waals surface area contributed by atoms with Crippen LogP contribution < -0.4 is 0 Å². The van der Waals surface area contributed by atoms with Crippen molar-refractivity contribution in [2.24, 2.45) is 0 Å². The number of rotatable bonds is 6. The maximum atomic E-state index is 2.64. The molecule has 0 aliphatic carbocycles. The summed E-state index contributed by atoms with van der Waals surface area (Å²) in [7, 11) is 0. The van der Waals surface area contributed by atoms with Crippen LogP contribution in [0.2, 0.25) is 0 Å². The van der Waals surface area contributed by atoms with E-state index in [4.69, 9.17) is 0 Å². The van der Waals surface area contributed by atoms with Gasteiger partial charge in [0.15, 0.2) is 0 Å². The molecule has 0 aromatic carbocycles. The molecule has 0 bridgehead atoms. The molecule has 0 amide bonds. The zero-order chi connectivity index (χ0) is 10.2. The van der Waals surface area contributed by atoms with Gasteiger partial charge in [-0.25, -0.2) is 0 Å². The standard InChI is InChI=1S/C13H25N/c1-3-4-5-6-7-10-13(2)14-11-8-9-12-14/h4-5,13H,3,6-12H2,1-2H3. The second-order valence-corrected chi connectivity index (χ2v) is 4.40. The highest BCUT2D eigenvalue weighted by Gasteiger charge is 2.16. The maximum Gasteiger partial charge on any atom is 0.00670 e. The molecule has 0 N–H and O–H groups in total. The predicted octanol–water partition coefficient (Wildman–Crippen LogP) is 3.61. The van der Waals surface area contributed by atoms with E-state index in [2.05, 4.69) is 30.9 Å². The van der Waals surface area contributed by atoms with Gasteiger partial charge in [0.1, 0.15) is 0 Å². The average Bonchev–Trinajstić information content (AvgIpc) is 2.70. The van der Waals surface area contributed by atoms with Crippen molar-refractivity contribution < 1.29 is 0 Å². The molecule has 1 atom stereocenters. The van der Waals surface area contributed by atoms with Gasteiger partial charge in [0.05, 0.1) is 0 Å². The zero-order valence-corrected chi connectivity index (χ0v) is 9.84. The average molecular weight is 195 g/mol. The van der Waals surface area contributed by atoms with Crippen molar-refractivity contribution in [1.82, 2.24) is 4.90 Å². The van der Waals surface area contributed by atoms with Gasteiger partial charge in [0, 0.05) is 6.04 Å². The van der Waals surface area contributed by atoms with E-state index in [0.29, 0.717) is 0 Å². The van der Waals surface area contributed by atoms with E-state index in [9.17, 15) is 0 Å². The maximum absolute atomic E-state index is 2.64. The topological polar surface area (TPSA) is 3.24 Å². The first kappa shape index (κ1) is 11.8. The van der Waals surface area contributed by atoms with Crippen molar-refractivity contribution in [2.75, 3.05) is 13.1 Å². The Labute approximate surface area is 89.2 Å². The molecule has 1 heteroatoms. The van der Waals surface area contributed by atoms with Crippen molar-refractivity contribution in [3.63, 3.8) is 0 Å². The van der Waals surface area contributed by atoms with Gasteiger partial charge in [0.2, 0.25) is 0 Å². The minimum Gasteiger partial charge on any atom is -0.301 e. The summed E-state index contributed by atoms with van der Waals surface area (Å²) in [5.41, 5.74) is 0. The molecule has 1 saturated heterocycles. The molecule has 1 rings (SSSR count). The third-order valence-corrected chi connectivity index (χ3v) is 3.16. The largest absolute Gasteiger partial charge is 0.301 e. The molecule has 0 aromatic heterocycles. The number of hydrogen-bond donors (Lipinski definition) is 0. The third kappa shape index (κ3) is 4.28. The molecule has 1 nitrogen and oxygen atoms in total. The minimum atomic E-state index is 0.813. The van der Waals surface area contributed by atoms with Crippen molar-refractivity contribution >= 4 is 0 Å². The van der Waals surface area contributed by atoms with Crippen molar-refractivity contribution in [3.05, 3.63) is 12.2 Å². The predicted molar refractivity (Wildman–Crippen MR) is 63.6 cm³/mol. The highest BCUT2D eigenvalue weighted by molar-refractivity contribution is 4.81. The lowest BCUT2D eigenvalue weighted by molar-refractivity contribution is 0.244. The summed E-state index contributed by atoms with van der Waals surface area (Å²) >= 11 is 0. The van der Waals surface area contributed by atoms with Crippen LogP contribution in [0.1, 0.15) is 52.4 Å². The molecule has 1 aliphatic heterocycles. The Balaban J connectivity index is 2.02. The molecule has 1 aliphatic rings. The molecule has 0 radical (unpaired) electrons. The van der Waals surface area contributed by atoms with E-state index >= 15 is 0 Å². The van der Waals surface area contributed by atoms with Crippen LogP contribution in [-0.2, 0) is 0 Å². The molecule has 1 heterocycles. The fourth-order valence-corrected chi connectivity index (χ4v) is 2.18. The van der Waals surface area contributed by atoms with Crippen LogP contribution in [0.3, 0.4) is 0 Å². The van der Waals surface area contributed by atoms with Gasteiger partial charge in [-0.1, -0.05) is 19.1 Å². The number of nitrogens with zero attached hydrogens (tertiary/aromatic N) is 1. The smallest absolute Gasteiger partial charge is 0.00670 e. The van der Waals surface area contributed by atoms with Crippen LogP contribution in [0.15, 0.2) is 12.2 Å². The lowest BCUT2D eigenvalue weighted by Gasteiger charge is -2.23. The quantitative estimate of drug-likeness (QED) is 0.462. The second kappa shape index (κ2) is 7.05. The first-order valence-electron chi connectivity index (χ1n) is 6.23. The van der Waals surface area contributed by atoms with Gasteiger partial charge >= 0.3 is 0 Å². The number of unbranched alkanes of at least 4 members (excludes halogenated alkanes) is 1. The monoisotopic (exact) mass is 195 g/mol. The highest BCUT2D eigenvalue weighted by Crippen LogP contribution is 2.15. The Morgan fingerprint density at radius 2 is 1.93 bits per heavy atom. The highest BCUT2D eigenvalue weighted by atomic mass is 15.2. The van der Waals surface area contributed by atoms with E-state index in [0.717, 1.165) is 6.04 Å². The molecule has 0 saturated carbocycles. The molecule has 14 heavy (non-hydrogen) atoms. The summed E-state index contributed by atoms with van der Waals surface area (Å²) < 4.78 is 0. The summed E-state index contributed by atoms with van der Waals surface area (Å²) in [5, 5.41) is 0. The van der Waals surface area contributed by atoms with Gasteiger partial charge in [-0.2, -0.15) is 0 Å². The summed E-state index contributed by atoms with van der Waals surface area (Å²) in [6, 6.07) is 0.813. The Bertz CT molecular complexity index is 157. The number of allylic oxidation sites excluding steroid dienone is 2. The van der Waals surface area contributed by atoms with Crippen molar-refractivity contribution in [1.29, 1.82) is 0 Å². The van der Waals surface area contributed by atoms with Crippen LogP contribution in [0.4, 0.5) is 0 Å². The molecular weight excluding hydrogens is 170 g/mol. The lowest BCUT2D eigenvalue weighted by atomic mass is 10.1. The normalized spacial score (nSPS) is 20.7. The fourth-order valence-electron chi connectivity index (χ4n) is 2.18. The summed E-state index contributed by atoms with van der Waals surface area (Å²) in [6.45, 7) is 7.26. The summed E-state index contributed by atoms with van der Waals surface area (Å²) in [6.07, 6.45) is 12.6. The molecule has 1 unspecified atom stereocenters.